The molecule has 4 nitrogen and oxygen atoms in total. The number of piperazine rings is 1. The van der Waals surface area contributed by atoms with Crippen molar-refractivity contribution < 1.29 is 13.6 Å². The van der Waals surface area contributed by atoms with Gasteiger partial charge in [-0.25, -0.2) is 8.78 Å². The quantitative estimate of drug-likeness (QED) is 0.776. The lowest BCUT2D eigenvalue weighted by Crippen LogP contribution is -2.49. The van der Waals surface area contributed by atoms with Crippen molar-refractivity contribution in [2.24, 2.45) is 0 Å². The van der Waals surface area contributed by atoms with Crippen LogP contribution < -0.4 is 5.32 Å². The number of carbonyl (C=O) groups excluding carboxylic acids is 1. The van der Waals surface area contributed by atoms with E-state index in [2.05, 4.69) is 10.2 Å². The normalized spacial score (nSPS) is 17.1. The van der Waals surface area contributed by atoms with Crippen LogP contribution in [0.15, 0.2) is 18.2 Å². The topological polar surface area (TPSA) is 35.6 Å². The number of carbonyl (C=O) groups is 1. The number of nitrogens with zero attached hydrogens (tertiary/aromatic N) is 2. The smallest absolute Gasteiger partial charge is 0.222 e. The molecule has 1 unspecified atom stereocenters. The van der Waals surface area contributed by atoms with E-state index in [0.717, 1.165) is 25.5 Å². The Morgan fingerprint density at radius 3 is 2.54 bits per heavy atom. The van der Waals surface area contributed by atoms with E-state index < -0.39 is 11.6 Å². The van der Waals surface area contributed by atoms with Gasteiger partial charge in [-0.3, -0.25) is 9.69 Å². The summed E-state index contributed by atoms with van der Waals surface area (Å²) < 4.78 is 27.2. The van der Waals surface area contributed by atoms with Crippen LogP contribution in [-0.4, -0.2) is 55.5 Å². The van der Waals surface area contributed by atoms with Gasteiger partial charge in [-0.1, -0.05) is 13.0 Å². The molecule has 1 saturated heterocycles. The maximum absolute atomic E-state index is 14.1. The summed E-state index contributed by atoms with van der Waals surface area (Å²) in [7, 11) is 1.88. The summed E-state index contributed by atoms with van der Waals surface area (Å²) in [5.74, 6) is -0.860. The van der Waals surface area contributed by atoms with Gasteiger partial charge in [-0.2, -0.15) is 0 Å². The molecule has 134 valence electrons. The van der Waals surface area contributed by atoms with E-state index in [9.17, 15) is 13.6 Å². The van der Waals surface area contributed by atoms with Crippen molar-refractivity contribution in [1.29, 1.82) is 0 Å². The van der Waals surface area contributed by atoms with Crippen molar-refractivity contribution in [1.82, 2.24) is 15.1 Å². The van der Waals surface area contributed by atoms with Gasteiger partial charge in [0, 0.05) is 50.3 Å². The molecular formula is C18H27F2N3O. The highest BCUT2D eigenvalue weighted by Crippen LogP contribution is 2.28. The van der Waals surface area contributed by atoms with Gasteiger partial charge in [-0.05, 0) is 32.5 Å². The van der Waals surface area contributed by atoms with Crippen LogP contribution in [0, 0.1) is 11.6 Å². The number of amides is 1. The molecule has 2 rings (SSSR count). The molecule has 1 heterocycles. The van der Waals surface area contributed by atoms with Crippen molar-refractivity contribution in [2.45, 2.75) is 32.2 Å². The van der Waals surface area contributed by atoms with Gasteiger partial charge >= 0.3 is 0 Å². The second-order valence-electron chi connectivity index (χ2n) is 6.21. The number of benzene rings is 1. The molecule has 0 aromatic heterocycles. The highest BCUT2D eigenvalue weighted by atomic mass is 19.1. The first kappa shape index (κ1) is 18.8. The van der Waals surface area contributed by atoms with Gasteiger partial charge < -0.3 is 10.2 Å². The number of hydrogen-bond acceptors (Lipinski definition) is 3. The number of rotatable bonds is 7. The lowest BCUT2D eigenvalue weighted by atomic mass is 10.0. The van der Waals surface area contributed by atoms with E-state index in [1.165, 1.54) is 12.1 Å². The van der Waals surface area contributed by atoms with E-state index in [1.807, 2.05) is 18.9 Å². The summed E-state index contributed by atoms with van der Waals surface area (Å²) in [4.78, 5) is 16.2. The van der Waals surface area contributed by atoms with Crippen molar-refractivity contribution >= 4 is 5.91 Å². The van der Waals surface area contributed by atoms with E-state index in [1.54, 1.807) is 0 Å². The number of halogens is 2. The van der Waals surface area contributed by atoms with Crippen LogP contribution in [-0.2, 0) is 4.79 Å². The van der Waals surface area contributed by atoms with E-state index >= 15 is 0 Å². The fraction of sp³-hybridized carbons (Fsp3) is 0.611. The molecule has 0 saturated carbocycles. The van der Waals surface area contributed by atoms with E-state index in [4.69, 9.17) is 0 Å². The largest absolute Gasteiger partial charge is 0.340 e. The van der Waals surface area contributed by atoms with Gasteiger partial charge in [-0.15, -0.1) is 0 Å². The summed E-state index contributed by atoms with van der Waals surface area (Å²) in [6, 6.07) is 3.71. The molecule has 0 bridgehead atoms. The highest BCUT2D eigenvalue weighted by molar-refractivity contribution is 5.76. The molecule has 0 radical (unpaired) electrons. The summed E-state index contributed by atoms with van der Waals surface area (Å²) in [6.07, 6.45) is 2.15. The van der Waals surface area contributed by atoms with Crippen LogP contribution in [0.4, 0.5) is 8.78 Å². The molecule has 24 heavy (non-hydrogen) atoms. The Kier molecular flexibility index (Phi) is 7.12. The van der Waals surface area contributed by atoms with Crippen LogP contribution in [0.1, 0.15) is 37.8 Å². The Hall–Kier alpha value is -1.53. The molecule has 1 amide bonds. The predicted molar refractivity (Wildman–Crippen MR) is 90.7 cm³/mol. The van der Waals surface area contributed by atoms with Crippen LogP contribution in [0.5, 0.6) is 0 Å². The third-order valence-electron chi connectivity index (χ3n) is 4.63. The molecule has 0 aliphatic carbocycles. The second kappa shape index (κ2) is 9.08. The third kappa shape index (κ3) is 4.74. The molecule has 1 N–H and O–H groups in total. The fourth-order valence-corrected chi connectivity index (χ4v) is 3.30. The van der Waals surface area contributed by atoms with Crippen LogP contribution >= 0.6 is 0 Å². The SMILES string of the molecule is CCC(c1ccc(F)cc1F)N1CCN(C(=O)CCCNC)CC1. The molecule has 1 aromatic carbocycles. The minimum Gasteiger partial charge on any atom is -0.340 e. The predicted octanol–water partition coefficient (Wildman–Crippen LogP) is 2.56. The lowest BCUT2D eigenvalue weighted by Gasteiger charge is -2.39. The number of nitrogens with one attached hydrogen (secondary N) is 1. The van der Waals surface area contributed by atoms with Gasteiger partial charge in [0.1, 0.15) is 11.6 Å². The summed E-state index contributed by atoms with van der Waals surface area (Å²) in [6.45, 7) is 5.60. The van der Waals surface area contributed by atoms with Crippen molar-refractivity contribution in [3.05, 3.63) is 35.4 Å². The van der Waals surface area contributed by atoms with Crippen LogP contribution in [0.2, 0.25) is 0 Å². The van der Waals surface area contributed by atoms with Gasteiger partial charge in [0.05, 0.1) is 0 Å². The molecular weight excluding hydrogens is 312 g/mol. The maximum Gasteiger partial charge on any atom is 0.222 e. The van der Waals surface area contributed by atoms with Crippen molar-refractivity contribution in [2.75, 3.05) is 39.8 Å². The minimum atomic E-state index is -0.553. The second-order valence-corrected chi connectivity index (χ2v) is 6.21. The Morgan fingerprint density at radius 2 is 1.96 bits per heavy atom. The van der Waals surface area contributed by atoms with Crippen LogP contribution in [0.25, 0.3) is 0 Å². The molecule has 1 atom stereocenters. The van der Waals surface area contributed by atoms with Crippen molar-refractivity contribution in [3.63, 3.8) is 0 Å². The molecule has 1 fully saturated rings. The highest BCUT2D eigenvalue weighted by Gasteiger charge is 2.27. The first-order chi connectivity index (χ1) is 11.6. The summed E-state index contributed by atoms with van der Waals surface area (Å²) in [5.41, 5.74) is 0.535. The molecule has 0 spiro atoms. The zero-order valence-electron chi connectivity index (χ0n) is 14.5. The standard InChI is InChI=1S/C18H27F2N3O/c1-3-17(15-7-6-14(19)13-16(15)20)22-9-11-23(12-10-22)18(24)5-4-8-21-2/h6-7,13,17,21H,3-5,8-12H2,1-2H3. The molecule has 1 aromatic rings. The lowest BCUT2D eigenvalue weighted by molar-refractivity contribution is -0.133. The summed E-state index contributed by atoms with van der Waals surface area (Å²) in [5, 5.41) is 3.04. The monoisotopic (exact) mass is 339 g/mol. The van der Waals surface area contributed by atoms with Gasteiger partial charge in [0.2, 0.25) is 5.91 Å². The van der Waals surface area contributed by atoms with Gasteiger partial charge in [0.15, 0.2) is 0 Å². The Morgan fingerprint density at radius 1 is 1.25 bits per heavy atom. The Bertz CT molecular complexity index is 545. The molecule has 1 aliphatic heterocycles. The fourth-order valence-electron chi connectivity index (χ4n) is 3.30. The Balaban J connectivity index is 1.93. The average molecular weight is 339 g/mol. The maximum atomic E-state index is 14.1. The average Bonchev–Trinajstić information content (AvgIpc) is 2.58. The first-order valence-corrected chi connectivity index (χ1v) is 8.68. The summed E-state index contributed by atoms with van der Waals surface area (Å²) >= 11 is 0. The number of hydrogen-bond donors (Lipinski definition) is 1. The zero-order chi connectivity index (χ0) is 17.5. The third-order valence-corrected chi connectivity index (χ3v) is 4.63. The van der Waals surface area contributed by atoms with Crippen LogP contribution in [0.3, 0.4) is 0 Å². The van der Waals surface area contributed by atoms with Gasteiger partial charge in [0.25, 0.3) is 0 Å². The van der Waals surface area contributed by atoms with E-state index in [0.29, 0.717) is 38.2 Å². The molecule has 6 heteroatoms. The van der Waals surface area contributed by atoms with Crippen molar-refractivity contribution in [3.8, 4) is 0 Å². The zero-order valence-corrected chi connectivity index (χ0v) is 14.5. The first-order valence-electron chi connectivity index (χ1n) is 8.68. The van der Waals surface area contributed by atoms with E-state index in [-0.39, 0.29) is 11.9 Å². The Labute approximate surface area is 142 Å². The molecule has 1 aliphatic rings. The minimum absolute atomic E-state index is 0.0767.